The van der Waals surface area contributed by atoms with Crippen molar-refractivity contribution < 1.29 is 286 Å². The van der Waals surface area contributed by atoms with Crippen molar-refractivity contribution in [3.8, 4) is 0 Å². The molecule has 3 aromatic carbocycles. The van der Waals surface area contributed by atoms with E-state index in [1.165, 1.54) is 0 Å². The first-order valence-corrected chi connectivity index (χ1v) is 46.5. The third-order valence-corrected chi connectivity index (χ3v) is 18.2. The predicted molar refractivity (Wildman–Crippen MR) is 460 cm³/mol. The number of rotatable bonds is 40. The van der Waals surface area contributed by atoms with Crippen LogP contribution in [-0.4, -0.2) is 330 Å². The fourth-order valence-corrected chi connectivity index (χ4v) is 10.8. The summed E-state index contributed by atoms with van der Waals surface area (Å²) in [5.41, 5.74) is 23.6. The zero-order chi connectivity index (χ0) is 95.3. The van der Waals surface area contributed by atoms with E-state index in [9.17, 15) is 88.0 Å². The van der Waals surface area contributed by atoms with Gasteiger partial charge in [-0.1, -0.05) is 18.2 Å². The molecule has 0 aliphatic carbocycles. The fraction of sp³-hybridized carbons (Fsp3) is 0.368. The summed E-state index contributed by atoms with van der Waals surface area (Å²) in [6.07, 6.45) is -2.98. The Morgan fingerprint density at radius 1 is 0.286 bits per heavy atom. The molecule has 0 spiro atoms. The summed E-state index contributed by atoms with van der Waals surface area (Å²) in [7, 11) is -26.1. The minimum Gasteiger partial charge on any atom is -0.748 e. The Morgan fingerprint density at radius 2 is 0.481 bits per heavy atom. The second-order valence-corrected chi connectivity index (χ2v) is 34.8. The zero-order valence-electron chi connectivity index (χ0n) is 70.4. The molecule has 0 radical (unpaired) electrons. The molecular weight excluding hydrogens is 2110 g/mol. The number of benzene rings is 3. The molecule has 9 aromatic rings. The van der Waals surface area contributed by atoms with E-state index in [1.54, 1.807) is 66.7 Å². The van der Waals surface area contributed by atoms with Crippen molar-refractivity contribution in [2.45, 2.75) is 18.3 Å². The maximum absolute atomic E-state index is 11.0. The van der Waals surface area contributed by atoms with Gasteiger partial charge in [0.05, 0.1) is 133 Å². The van der Waals surface area contributed by atoms with Gasteiger partial charge in [-0.25, -0.2) is 50.5 Å². The standard InChI is InChI=1S/C22H34N12O10S2.C16H18Cl2N10O6S2.C6H8N2.C5H6Cl2N4O3S.C3Cl3N3.C3H9NO2.C2H7NO3S.6Na/c35-11-15(37)9-25-19-29-17(23-4-6-45(39,40)41)31-21(33-19)27-13-2-1-3-14(8-13)28-22-32-18(24-5-7-46(42,43)44)30-20(34-22)26-10-16(38)12-36;17-11-23-13(19-4-6-35(29,30)31)27-15(25-11)21-9-2-1-3-10(8-9)22-16-26-12(18)24-14(28-16)20-5-7-36(32,33)34;7-5-2-1-3-6(8)4-5;6-3-9-4(7)11-5(10-3)8-1-2-15(12,13)14;4-1-7-2(5)9-3(6)8-1;4-1-3(6)2-5;3-1-2-7(4,5)6;;;;;;/h1-3,8,15-16,35-38H,4-7,9-12H2,(H,39,40,41)(H,42,43,44)(H3,23,25,27,29,31,33)(H3,24,26,28,30,32,34);1-3,8H,4-7H2,(H,29,30,31)(H,32,33,34)(H2,19,21,23,25,27)(H2,20,22,24,26,28);1-4H,7-8H2;1-2H2,(H,12,13,14)(H,8,9,10,11);;3,5-6H,1-2,4H2;1-3H2,(H,4,5,6);;;;;;/q;;;;;;;6*+1/p-6. The summed E-state index contributed by atoms with van der Waals surface area (Å²) >= 11 is 38.6. The Morgan fingerprint density at radius 3 is 0.684 bits per heavy atom. The van der Waals surface area contributed by atoms with Crippen LogP contribution in [0, 0.1) is 0 Å². The summed E-state index contributed by atoms with van der Waals surface area (Å²) in [6.45, 7) is -2.65. The zero-order valence-corrected chi connectivity index (χ0v) is 92.6. The number of halogens is 7. The van der Waals surface area contributed by atoms with Gasteiger partial charge in [0.15, 0.2) is 0 Å². The van der Waals surface area contributed by atoms with Crippen LogP contribution in [0.15, 0.2) is 72.8 Å². The maximum atomic E-state index is 11.0. The smallest absolute Gasteiger partial charge is 0.748 e. The monoisotopic (exact) mass is 2180 g/mol. The predicted octanol–water partition coefficient (Wildman–Crippen LogP) is -20.6. The van der Waals surface area contributed by atoms with E-state index in [0.717, 1.165) is 0 Å². The first-order chi connectivity index (χ1) is 59.3. The number of nitrogens with two attached hydrogens (primary N) is 4. The number of nitrogens with zero attached hydrogens (tertiary/aromatic N) is 18. The van der Waals surface area contributed by atoms with Crippen molar-refractivity contribution in [1.82, 2.24) is 89.7 Å². The van der Waals surface area contributed by atoms with Crippen molar-refractivity contribution in [1.29, 1.82) is 0 Å². The molecule has 76 heteroatoms. The Balaban J connectivity index is -0.000000835. The van der Waals surface area contributed by atoms with Gasteiger partial charge in [0.1, 0.15) is 0 Å². The van der Waals surface area contributed by atoms with Gasteiger partial charge in [-0.2, -0.15) is 89.7 Å². The SMILES string of the molecule is Clc1nc(Cl)nc(Cl)n1.NCC(O)CO.NCCS(=O)(=O)[O-].Nc1cccc(N)c1.O=S(=O)([O-])CCNc1nc(Cl)nc(Cl)n1.O=S(=O)([O-])CCNc1nc(Cl)nc(Nc2cccc(Nc3nc(Cl)nc(NCCS(=O)(=O)[O-])n3)c2)n1.O=S(=O)([O-])CCNc1nc(NCC(O)CO)nc(Nc2cccc(Nc3nc(NCCS(=O)(=O)[O-])nc(NCC(O)CO)n3)c2)n1.[Na+].[Na+].[Na+].[Na+].[Na+].[Na+]. The molecule has 3 unspecified atom stereocenters. The average Bonchev–Trinajstić information content (AvgIpc) is 0.830. The second kappa shape index (κ2) is 70.0. The van der Waals surface area contributed by atoms with Gasteiger partial charge in [0.25, 0.3) is 0 Å². The molecular formula is C57H76Cl7N33Na6O24S6. The molecule has 0 aliphatic rings. The van der Waals surface area contributed by atoms with E-state index >= 15 is 0 Å². The minimum absolute atomic E-state index is 0. The number of aliphatic hydroxyl groups excluding tert-OH is 6. The van der Waals surface area contributed by atoms with Crippen LogP contribution in [0.4, 0.5) is 99.6 Å². The minimum atomic E-state index is -4.51. The molecule has 3 atom stereocenters. The van der Waals surface area contributed by atoms with Gasteiger partial charge in [-0.05, 0) is 136 Å². The Bertz CT molecular complexity index is 5410. The van der Waals surface area contributed by atoms with Gasteiger partial charge >= 0.3 is 177 Å². The molecule has 0 saturated carbocycles. The molecule has 704 valence electrons. The quantitative estimate of drug-likeness (QED) is 0.00963. The maximum Gasteiger partial charge on any atom is 1.00 e. The van der Waals surface area contributed by atoms with E-state index in [2.05, 4.69) is 148 Å². The molecule has 0 saturated heterocycles. The fourth-order valence-electron chi connectivity index (χ4n) is 7.49. The van der Waals surface area contributed by atoms with Gasteiger partial charge in [-0.3, -0.25) is 0 Å². The number of aromatic nitrogens is 18. The molecule has 0 aliphatic heterocycles. The van der Waals surface area contributed by atoms with Crippen molar-refractivity contribution in [2.75, 3.05) is 183 Å². The van der Waals surface area contributed by atoms with Crippen LogP contribution in [0.3, 0.4) is 0 Å². The number of anilines is 17. The molecule has 6 aromatic heterocycles. The molecule has 0 bridgehead atoms. The van der Waals surface area contributed by atoms with Crippen molar-refractivity contribution >= 4 is 241 Å². The number of hydrogen-bond donors (Lipinski definition) is 21. The first kappa shape index (κ1) is 136. The summed E-state index contributed by atoms with van der Waals surface area (Å²) in [5, 5.41) is 83.0. The van der Waals surface area contributed by atoms with Crippen LogP contribution < -0.4 is 259 Å². The molecule has 0 amide bonds. The molecule has 133 heavy (non-hydrogen) atoms. The van der Waals surface area contributed by atoms with Crippen LogP contribution in [0.5, 0.6) is 0 Å². The Kier molecular flexibility index (Phi) is 71.4. The third-order valence-electron chi connectivity index (χ3n) is 12.7. The molecule has 25 N–H and O–H groups in total. The summed E-state index contributed by atoms with van der Waals surface area (Å²) < 4.78 is 190. The summed E-state index contributed by atoms with van der Waals surface area (Å²) in [4.78, 5) is 69.5. The van der Waals surface area contributed by atoms with Gasteiger partial charge in [0.2, 0.25) is 102 Å². The van der Waals surface area contributed by atoms with E-state index in [1.807, 2.05) is 6.07 Å². The van der Waals surface area contributed by atoms with Crippen LogP contribution in [0.25, 0.3) is 0 Å². The van der Waals surface area contributed by atoms with E-state index in [-0.39, 0.29) is 345 Å². The molecule has 57 nitrogen and oxygen atoms in total. The average molecular weight is 2190 g/mol. The van der Waals surface area contributed by atoms with E-state index in [0.29, 0.717) is 34.1 Å². The normalized spacial score (nSPS) is 11.4. The summed E-state index contributed by atoms with van der Waals surface area (Å²) in [5.74, 6) is -4.19. The van der Waals surface area contributed by atoms with Crippen LogP contribution in [0.2, 0.25) is 37.0 Å². The summed E-state index contributed by atoms with van der Waals surface area (Å²) in [6, 6.07) is 20.3. The van der Waals surface area contributed by atoms with Crippen LogP contribution in [-0.2, 0) is 60.7 Å². The number of aliphatic hydroxyl groups is 6. The molecule has 6 heterocycles. The van der Waals surface area contributed by atoms with Crippen LogP contribution >= 0.6 is 81.2 Å². The van der Waals surface area contributed by atoms with E-state index < -0.39 is 127 Å². The van der Waals surface area contributed by atoms with E-state index in [4.69, 9.17) is 125 Å². The van der Waals surface area contributed by atoms with Crippen LogP contribution in [0.1, 0.15) is 0 Å². The topological polar surface area (TPSA) is 933 Å². The first-order valence-electron chi connectivity index (χ1n) is 34.4. The molecule has 9 rings (SSSR count). The second-order valence-electron chi connectivity index (χ2n) is 23.3. The number of nitrogens with one attached hydrogen (secondary N) is 11. The molecule has 0 fully saturated rings. The Hall–Kier alpha value is -3.71. The third kappa shape index (κ3) is 69.7. The van der Waals surface area contributed by atoms with Gasteiger partial charge < -0.3 is 139 Å². The van der Waals surface area contributed by atoms with Gasteiger partial charge in [-0.15, -0.1) is 0 Å². The van der Waals surface area contributed by atoms with Gasteiger partial charge in [0, 0.05) is 93.0 Å². The number of nitrogen functional groups attached to an aromatic ring is 2. The van der Waals surface area contributed by atoms with Crippen molar-refractivity contribution in [2.24, 2.45) is 11.5 Å². The largest absolute Gasteiger partial charge is 1.00 e. The number of hydrogen-bond acceptors (Lipinski definition) is 57. The Labute approximate surface area is 927 Å². The van der Waals surface area contributed by atoms with Crippen molar-refractivity contribution in [3.05, 3.63) is 110 Å². The van der Waals surface area contributed by atoms with Crippen molar-refractivity contribution in [3.63, 3.8) is 0 Å².